The van der Waals surface area contributed by atoms with Gasteiger partial charge in [-0.3, -0.25) is 5.21 Å². The van der Waals surface area contributed by atoms with Gasteiger partial charge in [-0.1, -0.05) is 31.2 Å². The highest BCUT2D eigenvalue weighted by Crippen LogP contribution is 2.05. The summed E-state index contributed by atoms with van der Waals surface area (Å²) in [6, 6.07) is 8.14. The van der Waals surface area contributed by atoms with E-state index in [0.29, 0.717) is 6.54 Å². The van der Waals surface area contributed by atoms with Crippen molar-refractivity contribution in [3.05, 3.63) is 35.4 Å². The lowest BCUT2D eigenvalue weighted by Gasteiger charge is -2.00. The maximum absolute atomic E-state index is 8.39. The van der Waals surface area contributed by atoms with Crippen LogP contribution in [0.15, 0.2) is 29.3 Å². The Bertz CT molecular complexity index is 306. The molecule has 0 aliphatic rings. The highest BCUT2D eigenvalue weighted by molar-refractivity contribution is 5.76. The van der Waals surface area contributed by atoms with Gasteiger partial charge in [-0.2, -0.15) is 0 Å². The fraction of sp³-hybridized carbons (Fsp3) is 0.300. The smallest absolute Gasteiger partial charge is 0.213 e. The van der Waals surface area contributed by atoms with E-state index in [2.05, 4.69) is 24.0 Å². The third-order valence-corrected chi connectivity index (χ3v) is 1.98. The number of aryl methyl sites for hydroxylation is 1. The number of nitrogens with one attached hydrogen (secondary N) is 1. The van der Waals surface area contributed by atoms with Gasteiger partial charge in [-0.25, -0.2) is 10.5 Å². The Labute approximate surface area is 83.4 Å². The monoisotopic (exact) mass is 193 g/mol. The number of hydroxylamine groups is 1. The first-order chi connectivity index (χ1) is 6.76. The number of hydrogen-bond donors (Lipinski definition) is 3. The Morgan fingerprint density at radius 1 is 1.36 bits per heavy atom. The van der Waals surface area contributed by atoms with Crippen molar-refractivity contribution in [3.8, 4) is 0 Å². The quantitative estimate of drug-likeness (QED) is 0.381. The molecule has 14 heavy (non-hydrogen) atoms. The zero-order valence-corrected chi connectivity index (χ0v) is 8.20. The molecule has 0 radical (unpaired) electrons. The van der Waals surface area contributed by atoms with Crippen LogP contribution in [0.2, 0.25) is 0 Å². The Morgan fingerprint density at radius 3 is 2.43 bits per heavy atom. The van der Waals surface area contributed by atoms with Crippen LogP contribution in [-0.2, 0) is 13.0 Å². The molecular formula is C10H15N3O. The van der Waals surface area contributed by atoms with Crippen LogP contribution >= 0.6 is 0 Å². The van der Waals surface area contributed by atoms with Crippen LogP contribution in [0.4, 0.5) is 0 Å². The van der Waals surface area contributed by atoms with E-state index in [9.17, 15) is 0 Å². The maximum atomic E-state index is 8.39. The van der Waals surface area contributed by atoms with E-state index in [1.165, 1.54) is 5.56 Å². The van der Waals surface area contributed by atoms with Crippen LogP contribution in [0.25, 0.3) is 0 Å². The minimum Gasteiger partial charge on any atom is -0.368 e. The second kappa shape index (κ2) is 5.24. The molecule has 0 amide bonds. The number of hydrogen-bond acceptors (Lipinski definition) is 2. The van der Waals surface area contributed by atoms with Gasteiger partial charge in [-0.15, -0.1) is 0 Å². The number of guanidine groups is 1. The van der Waals surface area contributed by atoms with Gasteiger partial charge in [0.25, 0.3) is 0 Å². The van der Waals surface area contributed by atoms with Gasteiger partial charge in [0.15, 0.2) is 0 Å². The number of nitrogens with two attached hydrogens (primary N) is 1. The van der Waals surface area contributed by atoms with Gasteiger partial charge in [0, 0.05) is 0 Å². The molecule has 0 atom stereocenters. The van der Waals surface area contributed by atoms with E-state index in [-0.39, 0.29) is 5.96 Å². The fourth-order valence-electron chi connectivity index (χ4n) is 1.09. The van der Waals surface area contributed by atoms with E-state index in [0.717, 1.165) is 12.0 Å². The molecular weight excluding hydrogens is 178 g/mol. The summed E-state index contributed by atoms with van der Waals surface area (Å²) in [5.41, 5.74) is 9.42. The number of rotatable bonds is 3. The van der Waals surface area contributed by atoms with Gasteiger partial charge < -0.3 is 5.73 Å². The van der Waals surface area contributed by atoms with Crippen LogP contribution in [0, 0.1) is 0 Å². The van der Waals surface area contributed by atoms with Crippen molar-refractivity contribution in [1.29, 1.82) is 0 Å². The Hall–Kier alpha value is -1.55. The third kappa shape index (κ3) is 3.06. The van der Waals surface area contributed by atoms with Crippen LogP contribution in [0.5, 0.6) is 0 Å². The molecule has 4 heteroatoms. The molecule has 0 aliphatic carbocycles. The van der Waals surface area contributed by atoms with Crippen molar-refractivity contribution in [3.63, 3.8) is 0 Å². The Balaban J connectivity index is 2.60. The highest BCUT2D eigenvalue weighted by atomic mass is 16.5. The molecule has 0 saturated carbocycles. The van der Waals surface area contributed by atoms with Crippen molar-refractivity contribution in [2.24, 2.45) is 10.7 Å². The van der Waals surface area contributed by atoms with E-state index < -0.39 is 0 Å². The highest BCUT2D eigenvalue weighted by Gasteiger charge is 1.92. The van der Waals surface area contributed by atoms with Crippen LogP contribution in [0.1, 0.15) is 18.1 Å². The standard InChI is InChI=1S/C10H15N3O/c1-2-8-3-5-9(6-4-8)7-12-10(11)13-14/h3-6,14H,2,7H2,1H3,(H3,11,12,13). The van der Waals surface area contributed by atoms with Gasteiger partial charge in [0.05, 0.1) is 6.54 Å². The Morgan fingerprint density at radius 2 is 1.93 bits per heavy atom. The molecule has 0 spiro atoms. The first-order valence-corrected chi connectivity index (χ1v) is 4.54. The Kier molecular flexibility index (Phi) is 3.94. The largest absolute Gasteiger partial charge is 0.368 e. The number of nitrogens with zero attached hydrogens (tertiary/aromatic N) is 1. The van der Waals surface area contributed by atoms with E-state index >= 15 is 0 Å². The molecule has 1 aromatic carbocycles. The summed E-state index contributed by atoms with van der Waals surface area (Å²) in [7, 11) is 0. The lowest BCUT2D eigenvalue weighted by molar-refractivity contribution is 0.232. The first-order valence-electron chi connectivity index (χ1n) is 4.54. The SMILES string of the molecule is CCc1ccc(CN=C(N)NO)cc1. The molecule has 76 valence electrons. The predicted octanol–water partition coefficient (Wildman–Crippen LogP) is 1.04. The van der Waals surface area contributed by atoms with Crippen molar-refractivity contribution < 1.29 is 5.21 Å². The topological polar surface area (TPSA) is 70.6 Å². The van der Waals surface area contributed by atoms with Crippen molar-refractivity contribution >= 4 is 5.96 Å². The van der Waals surface area contributed by atoms with Gasteiger partial charge in [0.2, 0.25) is 5.96 Å². The number of benzene rings is 1. The molecule has 0 saturated heterocycles. The summed E-state index contributed by atoms with van der Waals surface area (Å²) < 4.78 is 0. The van der Waals surface area contributed by atoms with E-state index in [1.54, 1.807) is 5.48 Å². The van der Waals surface area contributed by atoms with E-state index in [4.69, 9.17) is 10.9 Å². The zero-order valence-electron chi connectivity index (χ0n) is 8.20. The van der Waals surface area contributed by atoms with Crippen LogP contribution in [-0.4, -0.2) is 11.2 Å². The summed E-state index contributed by atoms with van der Waals surface area (Å²) in [6.45, 7) is 2.59. The first kappa shape index (κ1) is 10.5. The molecule has 1 aromatic rings. The second-order valence-corrected chi connectivity index (χ2v) is 2.98. The molecule has 4 nitrogen and oxygen atoms in total. The lowest BCUT2D eigenvalue weighted by atomic mass is 10.1. The summed E-state index contributed by atoms with van der Waals surface area (Å²) >= 11 is 0. The summed E-state index contributed by atoms with van der Waals surface area (Å²) in [5, 5.41) is 8.39. The molecule has 0 unspecified atom stereocenters. The molecule has 0 aromatic heterocycles. The lowest BCUT2D eigenvalue weighted by Crippen LogP contribution is -2.28. The van der Waals surface area contributed by atoms with Crippen LogP contribution < -0.4 is 11.2 Å². The van der Waals surface area contributed by atoms with Crippen LogP contribution in [0.3, 0.4) is 0 Å². The van der Waals surface area contributed by atoms with Crippen molar-refractivity contribution in [1.82, 2.24) is 5.48 Å². The van der Waals surface area contributed by atoms with Crippen molar-refractivity contribution in [2.45, 2.75) is 19.9 Å². The summed E-state index contributed by atoms with van der Waals surface area (Å²) in [6.07, 6.45) is 1.03. The maximum Gasteiger partial charge on any atom is 0.213 e. The summed E-state index contributed by atoms with van der Waals surface area (Å²) in [5.74, 6) is 0.0320. The average molecular weight is 193 g/mol. The minimum atomic E-state index is 0.0320. The molecule has 0 heterocycles. The predicted molar refractivity (Wildman–Crippen MR) is 56.1 cm³/mol. The third-order valence-electron chi connectivity index (χ3n) is 1.98. The van der Waals surface area contributed by atoms with Gasteiger partial charge >= 0.3 is 0 Å². The zero-order chi connectivity index (χ0) is 10.4. The molecule has 4 N–H and O–H groups in total. The summed E-state index contributed by atoms with van der Waals surface area (Å²) in [4.78, 5) is 3.90. The second-order valence-electron chi connectivity index (χ2n) is 2.98. The van der Waals surface area contributed by atoms with Gasteiger partial charge in [0.1, 0.15) is 0 Å². The molecule has 0 aliphatic heterocycles. The van der Waals surface area contributed by atoms with E-state index in [1.807, 2.05) is 12.1 Å². The molecule has 0 bridgehead atoms. The van der Waals surface area contributed by atoms with Gasteiger partial charge in [-0.05, 0) is 17.5 Å². The molecule has 0 fully saturated rings. The number of aliphatic imine (C=N–C) groups is 1. The molecule has 1 rings (SSSR count). The minimum absolute atomic E-state index is 0.0320. The van der Waals surface area contributed by atoms with Crippen molar-refractivity contribution in [2.75, 3.05) is 0 Å². The normalized spacial score (nSPS) is 11.4. The average Bonchev–Trinajstić information content (AvgIpc) is 2.26. The fourth-order valence-corrected chi connectivity index (χ4v) is 1.09.